The standard InChI is InChI=1S/C20H27N3O3/c24-18(21-14-8-4-2-1-3-5-9-14)13-12-17-20(26)22-16-11-7-6-10-15(16)19(25)23-17/h6-7,10-11,14,17H,1-5,8-9,12-13H2,(H,21,24)(H,22,26)(H,23,25)/t17-/m0/s1. The lowest BCUT2D eigenvalue weighted by Crippen LogP contribution is -2.42. The zero-order valence-corrected chi connectivity index (χ0v) is 15.1. The van der Waals surface area contributed by atoms with Crippen molar-refractivity contribution in [1.29, 1.82) is 0 Å². The first-order valence-electron chi connectivity index (χ1n) is 9.63. The highest BCUT2D eigenvalue weighted by atomic mass is 16.2. The number of carbonyl (C=O) groups excluding carboxylic acids is 3. The van der Waals surface area contributed by atoms with Gasteiger partial charge in [0.15, 0.2) is 0 Å². The van der Waals surface area contributed by atoms with E-state index >= 15 is 0 Å². The van der Waals surface area contributed by atoms with Crippen LogP contribution in [0.4, 0.5) is 5.69 Å². The van der Waals surface area contributed by atoms with Crippen LogP contribution in [0.5, 0.6) is 0 Å². The van der Waals surface area contributed by atoms with Crippen LogP contribution in [-0.4, -0.2) is 29.8 Å². The fraction of sp³-hybridized carbons (Fsp3) is 0.550. The van der Waals surface area contributed by atoms with E-state index in [9.17, 15) is 14.4 Å². The van der Waals surface area contributed by atoms with E-state index in [0.717, 1.165) is 25.7 Å². The lowest BCUT2D eigenvalue weighted by atomic mass is 9.96. The summed E-state index contributed by atoms with van der Waals surface area (Å²) < 4.78 is 0. The molecule has 3 amide bonds. The first kappa shape index (κ1) is 18.4. The van der Waals surface area contributed by atoms with Gasteiger partial charge in [-0.2, -0.15) is 0 Å². The summed E-state index contributed by atoms with van der Waals surface area (Å²) in [5.74, 6) is -0.606. The summed E-state index contributed by atoms with van der Waals surface area (Å²) in [4.78, 5) is 36.9. The van der Waals surface area contributed by atoms with Crippen molar-refractivity contribution in [3.05, 3.63) is 29.8 Å². The Morgan fingerprint density at radius 1 is 1.04 bits per heavy atom. The highest BCUT2D eigenvalue weighted by Gasteiger charge is 2.28. The second kappa shape index (κ2) is 8.83. The second-order valence-electron chi connectivity index (χ2n) is 7.21. The molecule has 1 aromatic rings. The van der Waals surface area contributed by atoms with Crippen LogP contribution in [0.15, 0.2) is 24.3 Å². The zero-order valence-electron chi connectivity index (χ0n) is 15.1. The molecule has 0 unspecified atom stereocenters. The van der Waals surface area contributed by atoms with Crippen LogP contribution < -0.4 is 16.0 Å². The Morgan fingerprint density at radius 2 is 1.73 bits per heavy atom. The largest absolute Gasteiger partial charge is 0.353 e. The van der Waals surface area contributed by atoms with Crippen molar-refractivity contribution in [3.8, 4) is 0 Å². The quantitative estimate of drug-likeness (QED) is 0.774. The van der Waals surface area contributed by atoms with Crippen LogP contribution in [0.3, 0.4) is 0 Å². The molecule has 26 heavy (non-hydrogen) atoms. The highest BCUT2D eigenvalue weighted by Crippen LogP contribution is 2.20. The van der Waals surface area contributed by atoms with Crippen molar-refractivity contribution in [2.75, 3.05) is 5.32 Å². The SMILES string of the molecule is O=C(CC[C@@H]1NC(=O)c2ccccc2NC1=O)NC1CCCCCCC1. The van der Waals surface area contributed by atoms with Crippen LogP contribution in [0.1, 0.15) is 68.1 Å². The van der Waals surface area contributed by atoms with E-state index in [1.54, 1.807) is 24.3 Å². The van der Waals surface area contributed by atoms with Gasteiger partial charge in [0.05, 0.1) is 11.3 Å². The maximum Gasteiger partial charge on any atom is 0.254 e. The molecule has 0 spiro atoms. The number of hydrogen-bond donors (Lipinski definition) is 3. The number of hydrogen-bond acceptors (Lipinski definition) is 3. The molecule has 0 bridgehead atoms. The number of para-hydroxylation sites is 1. The van der Waals surface area contributed by atoms with Gasteiger partial charge in [0.25, 0.3) is 5.91 Å². The minimum Gasteiger partial charge on any atom is -0.353 e. The van der Waals surface area contributed by atoms with E-state index in [4.69, 9.17) is 0 Å². The molecule has 3 N–H and O–H groups in total. The molecule has 1 aromatic carbocycles. The van der Waals surface area contributed by atoms with Crippen molar-refractivity contribution < 1.29 is 14.4 Å². The summed E-state index contributed by atoms with van der Waals surface area (Å²) in [6.45, 7) is 0. The van der Waals surface area contributed by atoms with Gasteiger partial charge in [0.1, 0.15) is 6.04 Å². The van der Waals surface area contributed by atoms with Gasteiger partial charge < -0.3 is 16.0 Å². The first-order valence-corrected chi connectivity index (χ1v) is 9.63. The van der Waals surface area contributed by atoms with Gasteiger partial charge in [0.2, 0.25) is 11.8 Å². The molecule has 2 aliphatic rings. The zero-order chi connectivity index (χ0) is 18.4. The third-order valence-electron chi connectivity index (χ3n) is 5.18. The highest BCUT2D eigenvalue weighted by molar-refractivity contribution is 6.09. The fourth-order valence-corrected chi connectivity index (χ4v) is 3.69. The van der Waals surface area contributed by atoms with Crippen molar-refractivity contribution in [1.82, 2.24) is 10.6 Å². The van der Waals surface area contributed by atoms with E-state index in [-0.39, 0.29) is 30.2 Å². The number of fused-ring (bicyclic) bond motifs is 1. The molecule has 0 aromatic heterocycles. The topological polar surface area (TPSA) is 87.3 Å². The van der Waals surface area contributed by atoms with Crippen molar-refractivity contribution in [3.63, 3.8) is 0 Å². The number of anilines is 1. The number of rotatable bonds is 4. The lowest BCUT2D eigenvalue weighted by Gasteiger charge is -2.21. The number of carbonyl (C=O) groups is 3. The predicted molar refractivity (Wildman–Crippen MR) is 99.8 cm³/mol. The minimum atomic E-state index is -0.696. The van der Waals surface area contributed by atoms with Crippen LogP contribution in [0, 0.1) is 0 Å². The summed E-state index contributed by atoms with van der Waals surface area (Å²) in [6, 6.07) is 6.45. The molecule has 0 saturated heterocycles. The van der Waals surface area contributed by atoms with Gasteiger partial charge in [-0.1, -0.05) is 44.2 Å². The Kier molecular flexibility index (Phi) is 6.26. The maximum absolute atomic E-state index is 12.4. The van der Waals surface area contributed by atoms with Gasteiger partial charge in [-0.05, 0) is 31.4 Å². The molecule has 140 valence electrons. The van der Waals surface area contributed by atoms with E-state index < -0.39 is 6.04 Å². The van der Waals surface area contributed by atoms with E-state index in [0.29, 0.717) is 17.7 Å². The number of nitrogens with one attached hydrogen (secondary N) is 3. The normalized spacial score (nSPS) is 21.5. The molecule has 1 aliphatic heterocycles. The molecular weight excluding hydrogens is 330 g/mol. The monoisotopic (exact) mass is 357 g/mol. The molecule has 0 radical (unpaired) electrons. The smallest absolute Gasteiger partial charge is 0.254 e. The third kappa shape index (κ3) is 4.84. The van der Waals surface area contributed by atoms with E-state index in [2.05, 4.69) is 16.0 Å². The van der Waals surface area contributed by atoms with Gasteiger partial charge >= 0.3 is 0 Å². The average molecular weight is 357 g/mol. The van der Waals surface area contributed by atoms with Crippen LogP contribution in [-0.2, 0) is 9.59 Å². The molecular formula is C20H27N3O3. The van der Waals surface area contributed by atoms with E-state index in [1.165, 1.54) is 19.3 Å². The first-order chi connectivity index (χ1) is 12.6. The Bertz CT molecular complexity index is 666. The molecule has 1 fully saturated rings. The van der Waals surface area contributed by atoms with Crippen LogP contribution >= 0.6 is 0 Å². The summed E-state index contributed by atoms with van der Waals surface area (Å²) in [5, 5.41) is 8.60. The summed E-state index contributed by atoms with van der Waals surface area (Å²) >= 11 is 0. The molecule has 6 heteroatoms. The Hall–Kier alpha value is -2.37. The number of amides is 3. The van der Waals surface area contributed by atoms with Gasteiger partial charge in [-0.25, -0.2) is 0 Å². The average Bonchev–Trinajstić information content (AvgIpc) is 2.72. The summed E-state index contributed by atoms with van der Waals surface area (Å²) in [5.41, 5.74) is 0.957. The molecule has 1 heterocycles. The Morgan fingerprint density at radius 3 is 2.50 bits per heavy atom. The summed E-state index contributed by atoms with van der Waals surface area (Å²) in [6.07, 6.45) is 8.66. The van der Waals surface area contributed by atoms with Crippen LogP contribution in [0.25, 0.3) is 0 Å². The molecule has 1 atom stereocenters. The minimum absolute atomic E-state index is 0.0422. The summed E-state index contributed by atoms with van der Waals surface area (Å²) in [7, 11) is 0. The maximum atomic E-state index is 12.4. The Labute approximate surface area is 154 Å². The lowest BCUT2D eigenvalue weighted by molar-refractivity contribution is -0.122. The van der Waals surface area contributed by atoms with Crippen molar-refractivity contribution in [2.24, 2.45) is 0 Å². The van der Waals surface area contributed by atoms with Crippen molar-refractivity contribution >= 4 is 23.4 Å². The third-order valence-corrected chi connectivity index (χ3v) is 5.18. The van der Waals surface area contributed by atoms with Gasteiger partial charge in [-0.3, -0.25) is 14.4 Å². The molecule has 1 aliphatic carbocycles. The molecule has 3 rings (SSSR count). The van der Waals surface area contributed by atoms with Crippen molar-refractivity contribution in [2.45, 2.75) is 69.9 Å². The van der Waals surface area contributed by atoms with E-state index in [1.807, 2.05) is 0 Å². The van der Waals surface area contributed by atoms with Gasteiger partial charge in [-0.15, -0.1) is 0 Å². The molecule has 6 nitrogen and oxygen atoms in total. The molecule has 1 saturated carbocycles. The fourth-order valence-electron chi connectivity index (χ4n) is 3.69. The van der Waals surface area contributed by atoms with Crippen LogP contribution in [0.2, 0.25) is 0 Å². The number of benzene rings is 1. The predicted octanol–water partition coefficient (Wildman–Crippen LogP) is 2.75. The van der Waals surface area contributed by atoms with Gasteiger partial charge in [0, 0.05) is 12.5 Å². The Balaban J connectivity index is 1.51. The second-order valence-corrected chi connectivity index (χ2v) is 7.21.